The van der Waals surface area contributed by atoms with Crippen molar-refractivity contribution in [1.82, 2.24) is 4.90 Å². The third-order valence-corrected chi connectivity index (χ3v) is 3.98. The summed E-state index contributed by atoms with van der Waals surface area (Å²) >= 11 is 0. The molecule has 0 saturated carbocycles. The van der Waals surface area contributed by atoms with Crippen molar-refractivity contribution in [1.29, 1.82) is 0 Å². The number of carbonyl (C=O) groups is 2. The molecule has 25 heavy (non-hydrogen) atoms. The van der Waals surface area contributed by atoms with E-state index in [0.717, 1.165) is 19.3 Å². The van der Waals surface area contributed by atoms with Gasteiger partial charge in [-0.3, -0.25) is 4.79 Å². The summed E-state index contributed by atoms with van der Waals surface area (Å²) in [5, 5.41) is 5.58. The number of benzene rings is 1. The maximum atomic E-state index is 12.6. The fraction of sp³-hybridized carbons (Fsp3) is 0.556. The van der Waals surface area contributed by atoms with Crippen molar-refractivity contribution in [3.05, 3.63) is 18.2 Å². The monoisotopic (exact) mass is 349 g/mol. The van der Waals surface area contributed by atoms with E-state index in [-0.39, 0.29) is 18.0 Å². The molecule has 1 aliphatic rings. The number of nitrogens with zero attached hydrogens (tertiary/aromatic N) is 1. The van der Waals surface area contributed by atoms with Gasteiger partial charge in [-0.15, -0.1) is 0 Å². The quantitative estimate of drug-likeness (QED) is 0.827. The first-order chi connectivity index (χ1) is 12.0. The number of rotatable bonds is 6. The molecule has 2 N–H and O–H groups in total. The summed E-state index contributed by atoms with van der Waals surface area (Å²) in [5.41, 5.74) is 1.13. The lowest BCUT2D eigenvalue weighted by Gasteiger charge is -2.32. The second-order valence-corrected chi connectivity index (χ2v) is 6.11. The molecule has 0 bridgehead atoms. The third kappa shape index (κ3) is 5.63. The van der Waals surface area contributed by atoms with E-state index in [2.05, 4.69) is 17.6 Å². The van der Waals surface area contributed by atoms with Gasteiger partial charge in [0.15, 0.2) is 0 Å². The van der Waals surface area contributed by atoms with Gasteiger partial charge < -0.3 is 25.0 Å². The minimum Gasteiger partial charge on any atom is -0.495 e. The fourth-order valence-electron chi connectivity index (χ4n) is 2.82. The highest BCUT2D eigenvalue weighted by molar-refractivity contribution is 5.94. The highest BCUT2D eigenvalue weighted by Crippen LogP contribution is 2.28. The molecule has 0 spiro atoms. The Morgan fingerprint density at radius 2 is 2.12 bits per heavy atom. The van der Waals surface area contributed by atoms with Gasteiger partial charge in [0.25, 0.3) is 0 Å². The average Bonchev–Trinajstić information content (AvgIpc) is 2.60. The number of amides is 3. The topological polar surface area (TPSA) is 79.9 Å². The Balaban J connectivity index is 2.04. The zero-order valence-electron chi connectivity index (χ0n) is 15.1. The standard InChI is InChI=1S/C18H27N3O4/c1-4-10-25-15-6-5-9-21(12-15)18(23)20-16-11-14(19-13(2)22)7-8-17(16)24-3/h7-8,11,15H,4-6,9-10,12H2,1-3H3,(H,19,22)(H,20,23)/t15-/m1/s1. The van der Waals surface area contributed by atoms with E-state index < -0.39 is 0 Å². The summed E-state index contributed by atoms with van der Waals surface area (Å²) in [6.07, 6.45) is 2.96. The van der Waals surface area contributed by atoms with E-state index >= 15 is 0 Å². The highest BCUT2D eigenvalue weighted by Gasteiger charge is 2.24. The fourth-order valence-corrected chi connectivity index (χ4v) is 2.82. The van der Waals surface area contributed by atoms with Gasteiger partial charge in [-0.1, -0.05) is 6.92 Å². The highest BCUT2D eigenvalue weighted by atomic mass is 16.5. The number of carbonyl (C=O) groups excluding carboxylic acids is 2. The van der Waals surface area contributed by atoms with Gasteiger partial charge in [0, 0.05) is 32.3 Å². The molecule has 1 aromatic rings. The van der Waals surface area contributed by atoms with Crippen molar-refractivity contribution < 1.29 is 19.1 Å². The van der Waals surface area contributed by atoms with Crippen molar-refractivity contribution in [2.24, 2.45) is 0 Å². The van der Waals surface area contributed by atoms with Crippen LogP contribution in [0.1, 0.15) is 33.1 Å². The number of nitrogens with one attached hydrogen (secondary N) is 2. The van der Waals surface area contributed by atoms with Crippen LogP contribution >= 0.6 is 0 Å². The number of hydrogen-bond acceptors (Lipinski definition) is 4. The van der Waals surface area contributed by atoms with E-state index in [1.54, 1.807) is 30.2 Å². The Morgan fingerprint density at radius 1 is 1.32 bits per heavy atom. The Hall–Kier alpha value is -2.28. The number of urea groups is 1. The number of anilines is 2. The lowest BCUT2D eigenvalue weighted by Crippen LogP contribution is -2.45. The van der Waals surface area contributed by atoms with Crippen LogP contribution in [0.2, 0.25) is 0 Å². The number of likely N-dealkylation sites (tertiary alicyclic amines) is 1. The van der Waals surface area contributed by atoms with Crippen molar-refractivity contribution in [2.75, 3.05) is 37.4 Å². The normalized spacial score (nSPS) is 17.1. The van der Waals surface area contributed by atoms with Crippen molar-refractivity contribution in [2.45, 2.75) is 39.2 Å². The second kappa shape index (κ2) is 9.27. The smallest absolute Gasteiger partial charge is 0.322 e. The molecule has 0 aliphatic carbocycles. The maximum absolute atomic E-state index is 12.6. The summed E-state index contributed by atoms with van der Waals surface area (Å²) in [6.45, 7) is 5.51. The third-order valence-electron chi connectivity index (χ3n) is 3.98. The van der Waals surface area contributed by atoms with Gasteiger partial charge >= 0.3 is 6.03 Å². The first-order valence-corrected chi connectivity index (χ1v) is 8.66. The minimum absolute atomic E-state index is 0.0899. The molecule has 0 radical (unpaired) electrons. The first-order valence-electron chi connectivity index (χ1n) is 8.66. The molecule has 2 rings (SSSR count). The van der Waals surface area contributed by atoms with Gasteiger partial charge in [-0.2, -0.15) is 0 Å². The van der Waals surface area contributed by atoms with Gasteiger partial charge in [0.05, 0.1) is 18.9 Å². The van der Waals surface area contributed by atoms with Crippen LogP contribution in [0, 0.1) is 0 Å². The van der Waals surface area contributed by atoms with Crippen LogP contribution < -0.4 is 15.4 Å². The summed E-state index contributed by atoms with van der Waals surface area (Å²) in [7, 11) is 1.54. The zero-order chi connectivity index (χ0) is 18.2. The van der Waals surface area contributed by atoms with Crippen LogP contribution in [0.3, 0.4) is 0 Å². The van der Waals surface area contributed by atoms with Crippen LogP contribution in [-0.2, 0) is 9.53 Å². The maximum Gasteiger partial charge on any atom is 0.322 e. The molecule has 1 aliphatic heterocycles. The molecule has 1 fully saturated rings. The molecule has 1 aromatic carbocycles. The van der Waals surface area contributed by atoms with Crippen molar-refractivity contribution in [3.63, 3.8) is 0 Å². The van der Waals surface area contributed by atoms with E-state index in [4.69, 9.17) is 9.47 Å². The number of hydrogen-bond donors (Lipinski definition) is 2. The molecule has 3 amide bonds. The molecule has 1 atom stereocenters. The van der Waals surface area contributed by atoms with Gasteiger partial charge in [-0.25, -0.2) is 4.79 Å². The number of piperidine rings is 1. The molecule has 7 nitrogen and oxygen atoms in total. The number of ether oxygens (including phenoxy) is 2. The molecule has 1 saturated heterocycles. The van der Waals surface area contributed by atoms with Gasteiger partial charge in [0.2, 0.25) is 5.91 Å². The van der Waals surface area contributed by atoms with E-state index in [1.807, 2.05) is 0 Å². The lowest BCUT2D eigenvalue weighted by molar-refractivity contribution is -0.114. The van der Waals surface area contributed by atoms with Gasteiger partial charge in [-0.05, 0) is 37.5 Å². The lowest BCUT2D eigenvalue weighted by atomic mass is 10.1. The first kappa shape index (κ1) is 19.1. The van der Waals surface area contributed by atoms with Crippen LogP contribution in [0.5, 0.6) is 5.75 Å². The molecule has 0 aromatic heterocycles. The Bertz CT molecular complexity index is 606. The van der Waals surface area contributed by atoms with Crippen LogP contribution in [0.15, 0.2) is 18.2 Å². The zero-order valence-corrected chi connectivity index (χ0v) is 15.1. The van der Waals surface area contributed by atoms with E-state index in [1.165, 1.54) is 6.92 Å². The Kier molecular flexibility index (Phi) is 7.06. The largest absolute Gasteiger partial charge is 0.495 e. The SMILES string of the molecule is CCCO[C@@H]1CCCN(C(=O)Nc2cc(NC(C)=O)ccc2OC)C1. The van der Waals surface area contributed by atoms with E-state index in [0.29, 0.717) is 36.8 Å². The average molecular weight is 349 g/mol. The molecular formula is C18H27N3O4. The van der Waals surface area contributed by atoms with Crippen LogP contribution in [-0.4, -0.2) is 49.7 Å². The molecule has 1 heterocycles. The molecule has 138 valence electrons. The molecule has 7 heteroatoms. The summed E-state index contributed by atoms with van der Waals surface area (Å²) in [6, 6.07) is 4.94. The molecule has 0 unspecified atom stereocenters. The summed E-state index contributed by atoms with van der Waals surface area (Å²) in [5.74, 6) is 0.368. The predicted octanol–water partition coefficient (Wildman–Crippen LogP) is 3.08. The summed E-state index contributed by atoms with van der Waals surface area (Å²) in [4.78, 5) is 25.6. The van der Waals surface area contributed by atoms with Crippen LogP contribution in [0.25, 0.3) is 0 Å². The van der Waals surface area contributed by atoms with E-state index in [9.17, 15) is 9.59 Å². The van der Waals surface area contributed by atoms with Crippen molar-refractivity contribution in [3.8, 4) is 5.75 Å². The number of methoxy groups -OCH3 is 1. The Morgan fingerprint density at radius 3 is 2.80 bits per heavy atom. The van der Waals surface area contributed by atoms with Gasteiger partial charge in [0.1, 0.15) is 5.75 Å². The predicted molar refractivity (Wildman–Crippen MR) is 97.2 cm³/mol. The minimum atomic E-state index is -0.192. The second-order valence-electron chi connectivity index (χ2n) is 6.11. The van der Waals surface area contributed by atoms with Crippen LogP contribution in [0.4, 0.5) is 16.2 Å². The molecular weight excluding hydrogens is 322 g/mol. The Labute approximate surface area is 148 Å². The summed E-state index contributed by atoms with van der Waals surface area (Å²) < 4.78 is 11.1. The van der Waals surface area contributed by atoms with Crippen molar-refractivity contribution >= 4 is 23.3 Å².